The summed E-state index contributed by atoms with van der Waals surface area (Å²) < 4.78 is 6.18. The lowest BCUT2D eigenvalue weighted by atomic mass is 10.4. The molecule has 0 aliphatic heterocycles. The highest BCUT2D eigenvalue weighted by molar-refractivity contribution is 5.91. The molecular weight excluding hydrogens is 310 g/mol. The van der Waals surface area contributed by atoms with Crippen LogP contribution in [0.5, 0.6) is 0 Å². The summed E-state index contributed by atoms with van der Waals surface area (Å²) >= 11 is 0. The molecule has 0 aromatic carbocycles. The molecule has 0 saturated heterocycles. The number of nitrogens with zero attached hydrogens (tertiary/aromatic N) is 4. The van der Waals surface area contributed by atoms with Crippen LogP contribution >= 0.6 is 0 Å². The van der Waals surface area contributed by atoms with Crippen LogP contribution in [0.3, 0.4) is 0 Å². The molecule has 1 N–H and O–H groups in total. The van der Waals surface area contributed by atoms with Crippen LogP contribution in [0, 0.1) is 20.2 Å². The molecule has 1 amide bonds. The van der Waals surface area contributed by atoms with E-state index in [9.17, 15) is 25.0 Å². The minimum absolute atomic E-state index is 0.129. The molecule has 2 aromatic heterocycles. The molecule has 23 heavy (non-hydrogen) atoms. The number of nitrogens with one attached hydrogen (secondary N) is 1. The van der Waals surface area contributed by atoms with Gasteiger partial charge in [-0.05, 0) is 12.1 Å². The van der Waals surface area contributed by atoms with E-state index in [1.165, 1.54) is 29.1 Å². The molecule has 2 aromatic rings. The first kappa shape index (κ1) is 15.9. The minimum atomic E-state index is -0.680. The van der Waals surface area contributed by atoms with E-state index in [4.69, 9.17) is 4.42 Å². The van der Waals surface area contributed by atoms with Crippen molar-refractivity contribution in [3.8, 4) is 0 Å². The lowest BCUT2D eigenvalue weighted by Gasteiger charge is -2.01. The highest BCUT2D eigenvalue weighted by atomic mass is 16.6. The SMILES string of the molecule is O=C(/C=C/c1ccc([N+](=O)[O-])o1)NCCn1cc([N+](=O)[O-])cn1. The van der Waals surface area contributed by atoms with Gasteiger partial charge in [-0.1, -0.05) is 0 Å². The maximum absolute atomic E-state index is 11.5. The van der Waals surface area contributed by atoms with Gasteiger partial charge in [0.1, 0.15) is 23.1 Å². The summed E-state index contributed by atoms with van der Waals surface area (Å²) in [7, 11) is 0. The smallest absolute Gasteiger partial charge is 0.401 e. The standard InChI is InChI=1S/C12H11N5O6/c18-11(3-1-10-2-4-12(23-10)17(21)22)13-5-6-15-8-9(7-14-15)16(19)20/h1-4,7-8H,5-6H2,(H,13,18)/b3-1+. The van der Waals surface area contributed by atoms with Crippen molar-refractivity contribution in [3.05, 3.63) is 56.6 Å². The summed E-state index contributed by atoms with van der Waals surface area (Å²) in [5.41, 5.74) is -0.129. The molecule has 0 aliphatic carbocycles. The molecule has 2 heterocycles. The first-order valence-electron chi connectivity index (χ1n) is 6.32. The summed E-state index contributed by atoms with van der Waals surface area (Å²) in [5.74, 6) is -0.675. The third-order valence-electron chi connectivity index (χ3n) is 2.66. The van der Waals surface area contributed by atoms with Crippen molar-refractivity contribution in [1.82, 2.24) is 15.1 Å². The van der Waals surface area contributed by atoms with E-state index in [1.54, 1.807) is 0 Å². The third kappa shape index (κ3) is 4.49. The molecule has 11 heteroatoms. The molecule has 120 valence electrons. The maximum Gasteiger partial charge on any atom is 0.433 e. The highest BCUT2D eigenvalue weighted by Gasteiger charge is 2.10. The summed E-state index contributed by atoms with van der Waals surface area (Å²) in [6.07, 6.45) is 4.82. The topological polar surface area (TPSA) is 146 Å². The minimum Gasteiger partial charge on any atom is -0.401 e. The van der Waals surface area contributed by atoms with Crippen molar-refractivity contribution in [2.45, 2.75) is 6.54 Å². The average Bonchev–Trinajstić information content (AvgIpc) is 3.14. The van der Waals surface area contributed by atoms with E-state index >= 15 is 0 Å². The molecule has 0 spiro atoms. The number of amides is 1. The Balaban J connectivity index is 1.78. The van der Waals surface area contributed by atoms with Crippen LogP contribution in [0.1, 0.15) is 5.76 Å². The van der Waals surface area contributed by atoms with Gasteiger partial charge in [-0.25, -0.2) is 0 Å². The number of hydrogen-bond acceptors (Lipinski definition) is 7. The van der Waals surface area contributed by atoms with Gasteiger partial charge in [0.2, 0.25) is 5.91 Å². The van der Waals surface area contributed by atoms with Gasteiger partial charge in [0.25, 0.3) is 0 Å². The number of carbonyl (C=O) groups is 1. The molecule has 0 unspecified atom stereocenters. The molecule has 0 radical (unpaired) electrons. The van der Waals surface area contributed by atoms with E-state index in [0.717, 1.165) is 12.3 Å². The predicted octanol–water partition coefficient (Wildman–Crippen LogP) is 1.12. The van der Waals surface area contributed by atoms with Gasteiger partial charge in [-0.2, -0.15) is 5.10 Å². The van der Waals surface area contributed by atoms with Crippen LogP contribution in [-0.2, 0) is 11.3 Å². The second-order valence-corrected chi connectivity index (χ2v) is 4.28. The van der Waals surface area contributed by atoms with Gasteiger partial charge in [0.15, 0.2) is 0 Å². The number of furan rings is 1. The second kappa shape index (κ2) is 6.98. The Morgan fingerprint density at radius 2 is 2.13 bits per heavy atom. The lowest BCUT2D eigenvalue weighted by Crippen LogP contribution is -2.25. The predicted molar refractivity (Wildman–Crippen MR) is 76.3 cm³/mol. The van der Waals surface area contributed by atoms with E-state index in [-0.39, 0.29) is 24.5 Å². The van der Waals surface area contributed by atoms with Crippen molar-refractivity contribution in [3.63, 3.8) is 0 Å². The first-order valence-corrected chi connectivity index (χ1v) is 6.32. The van der Waals surface area contributed by atoms with Crippen molar-refractivity contribution in [2.75, 3.05) is 6.54 Å². The number of rotatable bonds is 7. The fraction of sp³-hybridized carbons (Fsp3) is 0.167. The Hall–Kier alpha value is -3.50. The second-order valence-electron chi connectivity index (χ2n) is 4.28. The van der Waals surface area contributed by atoms with Crippen molar-refractivity contribution < 1.29 is 19.1 Å². The van der Waals surface area contributed by atoms with Crippen LogP contribution in [0.15, 0.2) is 35.0 Å². The summed E-state index contributed by atoms with van der Waals surface area (Å²) in [6.45, 7) is 0.472. The number of carbonyl (C=O) groups excluding carboxylic acids is 1. The fourth-order valence-corrected chi connectivity index (χ4v) is 1.61. The number of aromatic nitrogens is 2. The largest absolute Gasteiger partial charge is 0.433 e. The lowest BCUT2D eigenvalue weighted by molar-refractivity contribution is -0.402. The fourth-order valence-electron chi connectivity index (χ4n) is 1.61. The van der Waals surface area contributed by atoms with Crippen LogP contribution in [-0.4, -0.2) is 32.1 Å². The number of nitro groups is 2. The monoisotopic (exact) mass is 321 g/mol. The van der Waals surface area contributed by atoms with Crippen LogP contribution < -0.4 is 5.32 Å². The molecule has 2 rings (SSSR count). The Morgan fingerprint density at radius 1 is 1.35 bits per heavy atom. The maximum atomic E-state index is 11.5. The molecule has 0 bridgehead atoms. The van der Waals surface area contributed by atoms with Crippen molar-refractivity contribution in [2.24, 2.45) is 0 Å². The van der Waals surface area contributed by atoms with Gasteiger partial charge in [0.05, 0.1) is 17.5 Å². The molecule has 0 aliphatic rings. The van der Waals surface area contributed by atoms with Crippen LogP contribution in [0.25, 0.3) is 6.08 Å². The van der Waals surface area contributed by atoms with Gasteiger partial charge in [0, 0.05) is 12.6 Å². The molecular formula is C12H11N5O6. The van der Waals surface area contributed by atoms with E-state index in [0.29, 0.717) is 0 Å². The molecule has 0 atom stereocenters. The van der Waals surface area contributed by atoms with Crippen LogP contribution in [0.2, 0.25) is 0 Å². The Morgan fingerprint density at radius 3 is 2.74 bits per heavy atom. The van der Waals surface area contributed by atoms with Crippen molar-refractivity contribution in [1.29, 1.82) is 0 Å². The van der Waals surface area contributed by atoms with Crippen LogP contribution in [0.4, 0.5) is 11.6 Å². The Labute approximate surface area is 128 Å². The number of hydrogen-bond donors (Lipinski definition) is 1. The van der Waals surface area contributed by atoms with E-state index in [2.05, 4.69) is 10.4 Å². The van der Waals surface area contributed by atoms with Gasteiger partial charge in [-0.3, -0.25) is 29.7 Å². The van der Waals surface area contributed by atoms with Gasteiger partial charge < -0.3 is 9.73 Å². The first-order chi connectivity index (χ1) is 11.0. The van der Waals surface area contributed by atoms with E-state index < -0.39 is 21.6 Å². The molecule has 11 nitrogen and oxygen atoms in total. The summed E-state index contributed by atoms with van der Waals surface area (Å²) in [6, 6.07) is 2.55. The van der Waals surface area contributed by atoms with Gasteiger partial charge >= 0.3 is 11.6 Å². The quantitative estimate of drug-likeness (QED) is 0.456. The Bertz CT molecular complexity index is 762. The third-order valence-corrected chi connectivity index (χ3v) is 2.66. The zero-order valence-electron chi connectivity index (χ0n) is 11.6. The molecule has 0 fully saturated rings. The zero-order chi connectivity index (χ0) is 16.8. The zero-order valence-corrected chi connectivity index (χ0v) is 11.6. The van der Waals surface area contributed by atoms with Gasteiger partial charge in [-0.15, -0.1) is 0 Å². The van der Waals surface area contributed by atoms with E-state index in [1.807, 2.05) is 0 Å². The van der Waals surface area contributed by atoms with Crippen molar-refractivity contribution >= 4 is 23.6 Å². The normalized spacial score (nSPS) is 10.8. The Kier molecular flexibility index (Phi) is 4.82. The summed E-state index contributed by atoms with van der Waals surface area (Å²) in [4.78, 5) is 31.2. The molecule has 0 saturated carbocycles. The average molecular weight is 321 g/mol. The highest BCUT2D eigenvalue weighted by Crippen LogP contribution is 2.16. The summed E-state index contributed by atoms with van der Waals surface area (Å²) in [5, 5.41) is 27.2.